The average molecular weight is 358 g/mol. The second kappa shape index (κ2) is 9.60. The van der Waals surface area contributed by atoms with Crippen LogP contribution in [0.2, 0.25) is 0 Å². The highest BCUT2D eigenvalue weighted by molar-refractivity contribution is 5.89. The molecule has 3 N–H and O–H groups in total. The van der Waals surface area contributed by atoms with Crippen LogP contribution >= 0.6 is 0 Å². The van der Waals surface area contributed by atoms with E-state index in [1.165, 1.54) is 7.11 Å². The molecule has 0 atom stereocenters. The molecule has 0 aliphatic rings. The molecule has 1 aromatic heterocycles. The van der Waals surface area contributed by atoms with Crippen molar-refractivity contribution in [1.82, 2.24) is 9.97 Å². The van der Waals surface area contributed by atoms with Crippen LogP contribution in [0, 0.1) is 0 Å². The first-order chi connectivity index (χ1) is 12.6. The number of carbonyl (C=O) groups is 1. The zero-order valence-electron chi connectivity index (χ0n) is 15.5. The molecule has 140 valence electrons. The third-order valence-corrected chi connectivity index (χ3v) is 4.08. The number of ether oxygens (including phenoxy) is 2. The number of nitrogens with zero attached hydrogens (tertiary/aromatic N) is 2. The number of esters is 1. The van der Waals surface area contributed by atoms with Gasteiger partial charge in [-0.25, -0.2) is 9.78 Å². The number of anilines is 2. The van der Waals surface area contributed by atoms with Gasteiger partial charge in [0, 0.05) is 18.3 Å². The molecule has 7 nitrogen and oxygen atoms in total. The van der Waals surface area contributed by atoms with Gasteiger partial charge in [0.15, 0.2) is 0 Å². The lowest BCUT2D eigenvalue weighted by molar-refractivity contribution is 0.0600. The number of benzene rings is 1. The minimum absolute atomic E-state index is 0.257. The summed E-state index contributed by atoms with van der Waals surface area (Å²) in [5.41, 5.74) is 8.17. The van der Waals surface area contributed by atoms with Crippen LogP contribution in [0.15, 0.2) is 24.4 Å². The molecule has 0 saturated heterocycles. The summed E-state index contributed by atoms with van der Waals surface area (Å²) in [4.78, 5) is 20.1. The maximum absolute atomic E-state index is 11.7. The molecule has 26 heavy (non-hydrogen) atoms. The number of nitrogens with one attached hydrogen (secondary N) is 1. The highest BCUT2D eigenvalue weighted by Crippen LogP contribution is 2.24. The predicted octanol–water partition coefficient (Wildman–Crippen LogP) is 2.85. The number of carbonyl (C=O) groups excluding carboxylic acids is 1. The largest absolute Gasteiger partial charge is 0.496 e. The van der Waals surface area contributed by atoms with Crippen molar-refractivity contribution in [2.45, 2.75) is 32.6 Å². The normalized spacial score (nSPS) is 10.4. The summed E-state index contributed by atoms with van der Waals surface area (Å²) in [5, 5.41) is 3.33. The van der Waals surface area contributed by atoms with Crippen molar-refractivity contribution in [3.8, 4) is 5.75 Å². The third kappa shape index (κ3) is 5.08. The van der Waals surface area contributed by atoms with E-state index in [0.717, 1.165) is 49.2 Å². The summed E-state index contributed by atoms with van der Waals surface area (Å²) < 4.78 is 10.2. The Balaban J connectivity index is 2.14. The van der Waals surface area contributed by atoms with Gasteiger partial charge in [-0.3, -0.25) is 0 Å². The first-order valence-electron chi connectivity index (χ1n) is 8.69. The van der Waals surface area contributed by atoms with Crippen molar-refractivity contribution in [1.29, 1.82) is 0 Å². The van der Waals surface area contributed by atoms with E-state index in [9.17, 15) is 4.79 Å². The minimum Gasteiger partial charge on any atom is -0.496 e. The van der Waals surface area contributed by atoms with E-state index in [-0.39, 0.29) is 11.9 Å². The Morgan fingerprint density at radius 2 is 2.00 bits per heavy atom. The molecule has 2 aromatic rings. The zero-order chi connectivity index (χ0) is 18.9. The summed E-state index contributed by atoms with van der Waals surface area (Å²) in [6.07, 6.45) is 5.37. The van der Waals surface area contributed by atoms with Gasteiger partial charge < -0.3 is 20.5 Å². The maximum Gasteiger partial charge on any atom is 0.337 e. The van der Waals surface area contributed by atoms with Gasteiger partial charge >= 0.3 is 5.97 Å². The van der Waals surface area contributed by atoms with Crippen molar-refractivity contribution in [2.24, 2.45) is 0 Å². The van der Waals surface area contributed by atoms with Gasteiger partial charge in [-0.2, -0.15) is 4.98 Å². The van der Waals surface area contributed by atoms with Crippen LogP contribution in [0.4, 0.5) is 11.8 Å². The lowest BCUT2D eigenvalue weighted by Crippen LogP contribution is -2.10. The van der Waals surface area contributed by atoms with E-state index < -0.39 is 0 Å². The van der Waals surface area contributed by atoms with Gasteiger partial charge in [-0.15, -0.1) is 0 Å². The number of unbranched alkanes of at least 4 members (excludes halogenated alkanes) is 1. The Bertz CT molecular complexity index is 750. The molecule has 2 rings (SSSR count). The number of hydrogen-bond acceptors (Lipinski definition) is 7. The van der Waals surface area contributed by atoms with Gasteiger partial charge in [0.05, 0.1) is 19.8 Å². The summed E-state index contributed by atoms with van der Waals surface area (Å²) >= 11 is 0. The topological polar surface area (TPSA) is 99.4 Å². The Labute approximate surface area is 153 Å². The second-order valence-electron chi connectivity index (χ2n) is 5.90. The standard InChI is InChI=1S/C19H26N4O3/c1-4-5-10-21-17-15(12-22-19(20)23-17)9-7-13-6-8-14(18(24)26-3)11-16(13)25-2/h6,8,11-12H,4-5,7,9-10H2,1-3H3,(H3,20,21,22,23). The summed E-state index contributed by atoms with van der Waals surface area (Å²) in [7, 11) is 2.95. The van der Waals surface area contributed by atoms with Crippen LogP contribution in [-0.2, 0) is 17.6 Å². The van der Waals surface area contributed by atoms with Crippen LogP contribution < -0.4 is 15.8 Å². The predicted molar refractivity (Wildman–Crippen MR) is 102 cm³/mol. The van der Waals surface area contributed by atoms with Crippen molar-refractivity contribution in [2.75, 3.05) is 31.8 Å². The van der Waals surface area contributed by atoms with E-state index in [1.54, 1.807) is 25.4 Å². The summed E-state index contributed by atoms with van der Waals surface area (Å²) in [5.74, 6) is 1.30. The molecule has 0 unspecified atom stereocenters. The SMILES string of the molecule is CCCCNc1nc(N)ncc1CCc1ccc(C(=O)OC)cc1OC. The first-order valence-corrected chi connectivity index (χ1v) is 8.69. The number of rotatable bonds is 9. The molecule has 1 heterocycles. The molecule has 0 bridgehead atoms. The molecule has 0 fully saturated rings. The van der Waals surface area contributed by atoms with Crippen LogP contribution in [0.5, 0.6) is 5.75 Å². The molecule has 0 aliphatic heterocycles. The van der Waals surface area contributed by atoms with Crippen molar-refractivity contribution >= 4 is 17.7 Å². The number of nitrogen functional groups attached to an aromatic ring is 1. The van der Waals surface area contributed by atoms with Crippen LogP contribution in [0.1, 0.15) is 41.3 Å². The van der Waals surface area contributed by atoms with E-state index in [2.05, 4.69) is 22.2 Å². The molecule has 1 aromatic carbocycles. The van der Waals surface area contributed by atoms with Gasteiger partial charge in [0.1, 0.15) is 11.6 Å². The molecular weight excluding hydrogens is 332 g/mol. The number of aryl methyl sites for hydroxylation is 2. The van der Waals surface area contributed by atoms with Crippen LogP contribution in [-0.4, -0.2) is 36.7 Å². The molecule has 7 heteroatoms. The minimum atomic E-state index is -0.385. The highest BCUT2D eigenvalue weighted by atomic mass is 16.5. The molecule has 0 saturated carbocycles. The fraction of sp³-hybridized carbons (Fsp3) is 0.421. The highest BCUT2D eigenvalue weighted by Gasteiger charge is 2.12. The van der Waals surface area contributed by atoms with Gasteiger partial charge in [0.25, 0.3) is 0 Å². The molecule has 0 amide bonds. The fourth-order valence-corrected chi connectivity index (χ4v) is 2.61. The lowest BCUT2D eigenvalue weighted by atomic mass is 10.0. The third-order valence-electron chi connectivity index (χ3n) is 4.08. The van der Waals surface area contributed by atoms with Gasteiger partial charge in [0.2, 0.25) is 5.95 Å². The number of hydrogen-bond donors (Lipinski definition) is 2. The average Bonchev–Trinajstić information content (AvgIpc) is 2.66. The number of nitrogens with two attached hydrogens (primary N) is 1. The monoisotopic (exact) mass is 358 g/mol. The Morgan fingerprint density at radius 3 is 2.69 bits per heavy atom. The van der Waals surface area contributed by atoms with Crippen molar-refractivity contribution < 1.29 is 14.3 Å². The van der Waals surface area contributed by atoms with E-state index >= 15 is 0 Å². The van der Waals surface area contributed by atoms with E-state index in [1.807, 2.05) is 6.07 Å². The summed E-state index contributed by atoms with van der Waals surface area (Å²) in [6, 6.07) is 5.32. The number of aromatic nitrogens is 2. The molecular formula is C19H26N4O3. The molecule has 0 radical (unpaired) electrons. The van der Waals surface area contributed by atoms with Gasteiger partial charge in [-0.1, -0.05) is 19.4 Å². The first kappa shape index (κ1) is 19.5. The van der Waals surface area contributed by atoms with E-state index in [4.69, 9.17) is 15.2 Å². The van der Waals surface area contributed by atoms with Crippen LogP contribution in [0.25, 0.3) is 0 Å². The molecule has 0 spiro atoms. The van der Waals surface area contributed by atoms with Gasteiger partial charge in [-0.05, 0) is 37.0 Å². The van der Waals surface area contributed by atoms with Crippen molar-refractivity contribution in [3.63, 3.8) is 0 Å². The smallest absolute Gasteiger partial charge is 0.337 e. The fourth-order valence-electron chi connectivity index (χ4n) is 2.61. The van der Waals surface area contributed by atoms with Crippen molar-refractivity contribution in [3.05, 3.63) is 41.1 Å². The lowest BCUT2D eigenvalue weighted by Gasteiger charge is -2.13. The Morgan fingerprint density at radius 1 is 1.23 bits per heavy atom. The second-order valence-corrected chi connectivity index (χ2v) is 5.90. The Kier molecular flexibility index (Phi) is 7.20. The summed E-state index contributed by atoms with van der Waals surface area (Å²) in [6.45, 7) is 2.98. The van der Waals surface area contributed by atoms with Crippen LogP contribution in [0.3, 0.4) is 0 Å². The quantitative estimate of drug-likeness (QED) is 0.525. The number of methoxy groups -OCH3 is 2. The molecule has 0 aliphatic carbocycles. The Hall–Kier alpha value is -2.83. The zero-order valence-corrected chi connectivity index (χ0v) is 15.5. The van der Waals surface area contributed by atoms with E-state index in [0.29, 0.717) is 11.3 Å². The maximum atomic E-state index is 11.7.